The fourth-order valence-electron chi connectivity index (χ4n) is 1.63. The van der Waals surface area contributed by atoms with E-state index in [1.54, 1.807) is 0 Å². The molecule has 9 heteroatoms. The van der Waals surface area contributed by atoms with Crippen LogP contribution in [-0.2, 0) is 16.4 Å². The normalized spacial score (nSPS) is 11.1. The summed E-state index contributed by atoms with van der Waals surface area (Å²) in [6.07, 6.45) is 1.88. The first-order valence-corrected chi connectivity index (χ1v) is 7.62. The highest BCUT2D eigenvalue weighted by atomic mass is 32.2. The van der Waals surface area contributed by atoms with E-state index in [1.807, 2.05) is 6.92 Å². The number of H-pyrrole nitrogens is 1. The van der Waals surface area contributed by atoms with Gasteiger partial charge in [0.15, 0.2) is 5.03 Å². The lowest BCUT2D eigenvalue weighted by Crippen LogP contribution is -2.19. The largest absolute Gasteiger partial charge is 0.351 e. The molecule has 0 aliphatic heterocycles. The SMILES string of the molecule is CCc1ncc(S(=O)(=O)Nc2ccc(NC(N)=O)cc2)[nH]1. The summed E-state index contributed by atoms with van der Waals surface area (Å²) < 4.78 is 26.7. The van der Waals surface area contributed by atoms with Crippen LogP contribution in [0.5, 0.6) is 0 Å². The first-order valence-electron chi connectivity index (χ1n) is 6.14. The monoisotopic (exact) mass is 309 g/mol. The van der Waals surface area contributed by atoms with Crippen molar-refractivity contribution < 1.29 is 13.2 Å². The van der Waals surface area contributed by atoms with Crippen LogP contribution in [0.2, 0.25) is 0 Å². The van der Waals surface area contributed by atoms with Crippen LogP contribution in [0, 0.1) is 0 Å². The van der Waals surface area contributed by atoms with E-state index in [0.717, 1.165) is 0 Å². The number of carbonyl (C=O) groups is 1. The van der Waals surface area contributed by atoms with E-state index in [2.05, 4.69) is 20.0 Å². The second kappa shape index (κ2) is 5.83. The third kappa shape index (κ3) is 3.72. The molecule has 112 valence electrons. The molecule has 0 fully saturated rings. The summed E-state index contributed by atoms with van der Waals surface area (Å²) in [7, 11) is -3.72. The smallest absolute Gasteiger partial charge is 0.316 e. The van der Waals surface area contributed by atoms with E-state index in [-0.39, 0.29) is 5.03 Å². The summed E-state index contributed by atoms with van der Waals surface area (Å²) in [5.74, 6) is 0.594. The predicted octanol–water partition coefficient (Wildman–Crippen LogP) is 1.26. The van der Waals surface area contributed by atoms with Crippen LogP contribution in [0.4, 0.5) is 16.2 Å². The Morgan fingerprint density at radius 1 is 1.29 bits per heavy atom. The van der Waals surface area contributed by atoms with Crippen molar-refractivity contribution in [3.63, 3.8) is 0 Å². The number of amides is 2. The molecule has 5 N–H and O–H groups in total. The number of aromatic amines is 1. The molecule has 0 spiro atoms. The lowest BCUT2D eigenvalue weighted by Gasteiger charge is -2.07. The number of sulfonamides is 1. The lowest BCUT2D eigenvalue weighted by atomic mass is 10.3. The van der Waals surface area contributed by atoms with Crippen molar-refractivity contribution in [1.29, 1.82) is 0 Å². The number of rotatable bonds is 5. The van der Waals surface area contributed by atoms with Crippen LogP contribution in [0.3, 0.4) is 0 Å². The molecule has 0 bridgehead atoms. The minimum Gasteiger partial charge on any atom is -0.351 e. The van der Waals surface area contributed by atoms with E-state index in [4.69, 9.17) is 5.73 Å². The molecular weight excluding hydrogens is 294 g/mol. The highest BCUT2D eigenvalue weighted by Gasteiger charge is 2.17. The van der Waals surface area contributed by atoms with Gasteiger partial charge in [-0.3, -0.25) is 4.72 Å². The number of anilines is 2. The standard InChI is InChI=1S/C12H15N5O3S/c1-2-10-14-7-11(16-10)21(19,20)17-9-5-3-8(4-6-9)15-12(13)18/h3-7,17H,2H2,1H3,(H,14,16)(H3,13,15,18). The molecule has 2 aromatic rings. The van der Waals surface area contributed by atoms with Crippen LogP contribution in [-0.4, -0.2) is 24.4 Å². The predicted molar refractivity (Wildman–Crippen MR) is 78.4 cm³/mol. The van der Waals surface area contributed by atoms with Gasteiger partial charge in [0.2, 0.25) is 0 Å². The van der Waals surface area contributed by atoms with Crippen LogP contribution in [0.15, 0.2) is 35.5 Å². The van der Waals surface area contributed by atoms with Gasteiger partial charge in [0.05, 0.1) is 6.20 Å². The number of nitrogens with zero attached hydrogens (tertiary/aromatic N) is 1. The molecule has 1 aromatic heterocycles. The average molecular weight is 309 g/mol. The summed E-state index contributed by atoms with van der Waals surface area (Å²) in [4.78, 5) is 17.4. The maximum absolute atomic E-state index is 12.1. The van der Waals surface area contributed by atoms with Gasteiger partial charge in [0.25, 0.3) is 10.0 Å². The van der Waals surface area contributed by atoms with Crippen LogP contribution in [0.1, 0.15) is 12.7 Å². The Morgan fingerprint density at radius 3 is 2.43 bits per heavy atom. The zero-order chi connectivity index (χ0) is 15.5. The maximum atomic E-state index is 12.1. The minimum atomic E-state index is -3.72. The summed E-state index contributed by atoms with van der Waals surface area (Å²) in [5, 5.41) is 2.38. The van der Waals surface area contributed by atoms with Crippen molar-refractivity contribution in [1.82, 2.24) is 9.97 Å². The highest BCUT2D eigenvalue weighted by Crippen LogP contribution is 2.17. The van der Waals surface area contributed by atoms with E-state index in [0.29, 0.717) is 23.6 Å². The van der Waals surface area contributed by atoms with Gasteiger partial charge in [0, 0.05) is 17.8 Å². The van der Waals surface area contributed by atoms with Gasteiger partial charge < -0.3 is 16.0 Å². The Kier molecular flexibility index (Phi) is 4.13. The third-order valence-electron chi connectivity index (χ3n) is 2.63. The van der Waals surface area contributed by atoms with Crippen molar-refractivity contribution >= 4 is 27.4 Å². The lowest BCUT2D eigenvalue weighted by molar-refractivity contribution is 0.259. The first-order chi connectivity index (χ1) is 9.90. The number of aryl methyl sites for hydroxylation is 1. The molecule has 0 atom stereocenters. The van der Waals surface area contributed by atoms with Gasteiger partial charge in [-0.05, 0) is 24.3 Å². The van der Waals surface area contributed by atoms with Gasteiger partial charge >= 0.3 is 6.03 Å². The van der Waals surface area contributed by atoms with Crippen molar-refractivity contribution in [2.24, 2.45) is 5.73 Å². The average Bonchev–Trinajstić information content (AvgIpc) is 2.90. The van der Waals surface area contributed by atoms with Crippen molar-refractivity contribution in [2.75, 3.05) is 10.0 Å². The van der Waals surface area contributed by atoms with Crippen molar-refractivity contribution in [2.45, 2.75) is 18.4 Å². The molecule has 1 heterocycles. The van der Waals surface area contributed by atoms with Gasteiger partial charge in [-0.25, -0.2) is 9.78 Å². The molecule has 0 aliphatic rings. The number of urea groups is 1. The minimum absolute atomic E-state index is 0.00122. The number of carbonyl (C=O) groups excluding carboxylic acids is 1. The molecule has 0 radical (unpaired) electrons. The second-order valence-electron chi connectivity index (χ2n) is 4.22. The fourth-order valence-corrected chi connectivity index (χ4v) is 2.63. The van der Waals surface area contributed by atoms with Gasteiger partial charge in [-0.1, -0.05) is 6.92 Å². The Morgan fingerprint density at radius 2 is 1.90 bits per heavy atom. The second-order valence-corrected chi connectivity index (χ2v) is 5.87. The quantitative estimate of drug-likeness (QED) is 0.662. The number of primary amides is 1. The topological polar surface area (TPSA) is 130 Å². The molecule has 0 saturated carbocycles. The van der Waals surface area contributed by atoms with E-state index >= 15 is 0 Å². The molecule has 8 nitrogen and oxygen atoms in total. The van der Waals surface area contributed by atoms with Crippen molar-refractivity contribution in [3.8, 4) is 0 Å². The zero-order valence-electron chi connectivity index (χ0n) is 11.3. The summed E-state index contributed by atoms with van der Waals surface area (Å²) >= 11 is 0. The van der Waals surface area contributed by atoms with Crippen LogP contribution in [0.25, 0.3) is 0 Å². The van der Waals surface area contributed by atoms with E-state index in [1.165, 1.54) is 30.5 Å². The Hall–Kier alpha value is -2.55. The number of benzene rings is 1. The summed E-state index contributed by atoms with van der Waals surface area (Å²) in [6, 6.07) is 5.41. The maximum Gasteiger partial charge on any atom is 0.316 e. The fraction of sp³-hybridized carbons (Fsp3) is 0.167. The number of nitrogens with two attached hydrogens (primary N) is 1. The number of hydrogen-bond acceptors (Lipinski definition) is 4. The van der Waals surface area contributed by atoms with Crippen LogP contribution >= 0.6 is 0 Å². The molecule has 0 aliphatic carbocycles. The Bertz CT molecular complexity index is 737. The molecular formula is C12H15N5O3S. The van der Waals surface area contributed by atoms with E-state index in [9.17, 15) is 13.2 Å². The molecule has 1 aromatic carbocycles. The summed E-state index contributed by atoms with van der Waals surface area (Å²) in [5.41, 5.74) is 5.81. The van der Waals surface area contributed by atoms with Crippen molar-refractivity contribution in [3.05, 3.63) is 36.3 Å². The number of imidazole rings is 1. The van der Waals surface area contributed by atoms with Gasteiger partial charge in [0.1, 0.15) is 5.82 Å². The zero-order valence-corrected chi connectivity index (χ0v) is 12.1. The molecule has 2 amide bonds. The number of nitrogens with one attached hydrogen (secondary N) is 3. The third-order valence-corrected chi connectivity index (χ3v) is 3.93. The molecule has 0 saturated heterocycles. The van der Waals surface area contributed by atoms with Gasteiger partial charge in [-0.15, -0.1) is 0 Å². The Labute approximate surface area is 121 Å². The Balaban J connectivity index is 2.14. The van der Waals surface area contributed by atoms with Gasteiger partial charge in [-0.2, -0.15) is 8.42 Å². The van der Waals surface area contributed by atoms with Crippen LogP contribution < -0.4 is 15.8 Å². The first kappa shape index (κ1) is 14.9. The highest BCUT2D eigenvalue weighted by molar-refractivity contribution is 7.92. The van der Waals surface area contributed by atoms with E-state index < -0.39 is 16.1 Å². The number of hydrogen-bond donors (Lipinski definition) is 4. The summed E-state index contributed by atoms with van der Waals surface area (Å²) in [6.45, 7) is 1.87. The molecule has 21 heavy (non-hydrogen) atoms. The molecule has 0 unspecified atom stereocenters. The molecule has 2 rings (SSSR count). The number of aromatic nitrogens is 2.